The molecule has 1 aliphatic rings. The summed E-state index contributed by atoms with van der Waals surface area (Å²) in [6.07, 6.45) is 5.24. The van der Waals surface area contributed by atoms with Gasteiger partial charge in [0.05, 0.1) is 16.9 Å². The molecule has 1 saturated heterocycles. The predicted molar refractivity (Wildman–Crippen MR) is 143 cm³/mol. The van der Waals surface area contributed by atoms with Gasteiger partial charge in [-0.3, -0.25) is 4.90 Å². The number of piperidine rings is 1. The first kappa shape index (κ1) is 27.0. The summed E-state index contributed by atoms with van der Waals surface area (Å²) < 4.78 is 5.86. The van der Waals surface area contributed by atoms with Crippen LogP contribution in [0.4, 0.5) is 0 Å². The lowest BCUT2D eigenvalue weighted by atomic mass is 9.94. The third-order valence-electron chi connectivity index (χ3n) is 5.56. The maximum absolute atomic E-state index is 5.86. The molecular formula is C23H39IN6OS. The van der Waals surface area contributed by atoms with Crippen LogP contribution in [0.2, 0.25) is 0 Å². The van der Waals surface area contributed by atoms with E-state index in [-0.39, 0.29) is 29.4 Å². The molecule has 0 radical (unpaired) electrons. The van der Waals surface area contributed by atoms with Crippen LogP contribution in [-0.2, 0) is 24.9 Å². The number of thiazole rings is 1. The standard InChI is InChI=1S/C23H38N6OS.HI/c1-6-21-28-18(16-31-21)15-29-10-8-17(9-11-29)12-26-22(24-7-2)27-14-20-25-13-19(30-20)23(3,4)5;/h13,16-17H,6-12,14-15H2,1-5H3,(H2,24,26,27);1H. The van der Waals surface area contributed by atoms with Crippen molar-refractivity contribution < 1.29 is 4.42 Å². The summed E-state index contributed by atoms with van der Waals surface area (Å²) in [6.45, 7) is 16.1. The van der Waals surface area contributed by atoms with Crippen LogP contribution in [0.3, 0.4) is 0 Å². The van der Waals surface area contributed by atoms with Gasteiger partial charge in [-0.2, -0.15) is 0 Å². The number of nitrogens with zero attached hydrogens (tertiary/aromatic N) is 4. The van der Waals surface area contributed by atoms with Crippen LogP contribution in [0, 0.1) is 5.92 Å². The zero-order valence-corrected chi connectivity index (χ0v) is 23.3. The normalized spacial score (nSPS) is 16.1. The Morgan fingerprint density at radius 2 is 2.00 bits per heavy atom. The van der Waals surface area contributed by atoms with Crippen molar-refractivity contribution in [2.75, 3.05) is 26.2 Å². The van der Waals surface area contributed by atoms with E-state index in [1.165, 1.54) is 23.5 Å². The predicted octanol–water partition coefficient (Wildman–Crippen LogP) is 4.58. The summed E-state index contributed by atoms with van der Waals surface area (Å²) in [6, 6.07) is 0. The average molecular weight is 575 g/mol. The molecule has 32 heavy (non-hydrogen) atoms. The molecule has 2 aromatic heterocycles. The molecule has 3 rings (SSSR count). The first-order valence-electron chi connectivity index (χ1n) is 11.5. The Kier molecular flexibility index (Phi) is 10.9. The van der Waals surface area contributed by atoms with Gasteiger partial charge in [0.2, 0.25) is 5.89 Å². The van der Waals surface area contributed by atoms with Crippen molar-refractivity contribution in [3.8, 4) is 0 Å². The topological polar surface area (TPSA) is 78.6 Å². The number of halogens is 1. The first-order valence-corrected chi connectivity index (χ1v) is 12.4. The molecule has 1 fully saturated rings. The molecular weight excluding hydrogens is 535 g/mol. The van der Waals surface area contributed by atoms with Crippen molar-refractivity contribution >= 4 is 41.3 Å². The highest BCUT2D eigenvalue weighted by Gasteiger charge is 2.21. The van der Waals surface area contributed by atoms with Gasteiger partial charge in [0.25, 0.3) is 0 Å². The van der Waals surface area contributed by atoms with Crippen LogP contribution in [-0.4, -0.2) is 47.0 Å². The maximum atomic E-state index is 5.86. The van der Waals surface area contributed by atoms with Crippen molar-refractivity contribution in [3.05, 3.63) is 33.9 Å². The fourth-order valence-electron chi connectivity index (χ4n) is 3.62. The van der Waals surface area contributed by atoms with Gasteiger partial charge >= 0.3 is 0 Å². The molecule has 180 valence electrons. The number of rotatable bonds is 8. The minimum Gasteiger partial charge on any atom is -0.443 e. The van der Waals surface area contributed by atoms with Gasteiger partial charge in [-0.1, -0.05) is 27.7 Å². The SMILES string of the molecule is CCNC(=NCc1ncc(C(C)(C)C)o1)NCC1CCN(Cc2csc(CC)n2)CC1.I. The van der Waals surface area contributed by atoms with Crippen molar-refractivity contribution in [1.29, 1.82) is 0 Å². The van der Waals surface area contributed by atoms with Gasteiger partial charge in [-0.05, 0) is 45.2 Å². The van der Waals surface area contributed by atoms with Crippen LogP contribution in [0.5, 0.6) is 0 Å². The molecule has 0 bridgehead atoms. The molecule has 2 N–H and O–H groups in total. The van der Waals surface area contributed by atoms with Crippen LogP contribution >= 0.6 is 35.3 Å². The van der Waals surface area contributed by atoms with E-state index >= 15 is 0 Å². The van der Waals surface area contributed by atoms with Crippen LogP contribution in [0.1, 0.15) is 69.8 Å². The van der Waals surface area contributed by atoms with E-state index in [1.54, 1.807) is 11.3 Å². The quantitative estimate of drug-likeness (QED) is 0.273. The number of aliphatic imine (C=N–C) groups is 1. The second kappa shape index (κ2) is 12.9. The molecule has 0 aromatic carbocycles. The van der Waals surface area contributed by atoms with E-state index < -0.39 is 0 Å². The first-order chi connectivity index (χ1) is 14.9. The summed E-state index contributed by atoms with van der Waals surface area (Å²) in [5, 5.41) is 10.3. The Morgan fingerprint density at radius 3 is 2.59 bits per heavy atom. The smallest absolute Gasteiger partial charge is 0.216 e. The van der Waals surface area contributed by atoms with Crippen molar-refractivity contribution in [3.63, 3.8) is 0 Å². The number of likely N-dealkylation sites (tertiary alicyclic amines) is 1. The minimum absolute atomic E-state index is 0. The number of oxazole rings is 1. The Hall–Kier alpha value is -1.20. The zero-order chi connectivity index (χ0) is 22.3. The maximum Gasteiger partial charge on any atom is 0.216 e. The van der Waals surface area contributed by atoms with Gasteiger partial charge in [0.1, 0.15) is 12.3 Å². The van der Waals surface area contributed by atoms with E-state index in [4.69, 9.17) is 9.40 Å². The van der Waals surface area contributed by atoms with Gasteiger partial charge in [-0.15, -0.1) is 35.3 Å². The molecule has 0 spiro atoms. The van der Waals surface area contributed by atoms with E-state index in [2.05, 4.69) is 65.5 Å². The van der Waals surface area contributed by atoms with E-state index in [0.717, 1.165) is 50.9 Å². The Bertz CT molecular complexity index is 836. The van der Waals surface area contributed by atoms with Crippen LogP contribution < -0.4 is 10.6 Å². The van der Waals surface area contributed by atoms with Gasteiger partial charge in [0.15, 0.2) is 5.96 Å². The molecule has 0 amide bonds. The lowest BCUT2D eigenvalue weighted by Gasteiger charge is -2.31. The van der Waals surface area contributed by atoms with Gasteiger partial charge < -0.3 is 15.1 Å². The molecule has 2 aromatic rings. The molecule has 0 saturated carbocycles. The minimum atomic E-state index is -0.0373. The van der Waals surface area contributed by atoms with E-state index in [9.17, 15) is 0 Å². The summed E-state index contributed by atoms with van der Waals surface area (Å²) in [4.78, 5) is 16.3. The van der Waals surface area contributed by atoms with Gasteiger partial charge in [-0.25, -0.2) is 15.0 Å². The highest BCUT2D eigenvalue weighted by Crippen LogP contribution is 2.23. The number of aryl methyl sites for hydroxylation is 1. The Morgan fingerprint density at radius 1 is 1.25 bits per heavy atom. The summed E-state index contributed by atoms with van der Waals surface area (Å²) >= 11 is 1.78. The molecule has 7 nitrogen and oxygen atoms in total. The third kappa shape index (κ3) is 8.30. The molecule has 1 aliphatic heterocycles. The number of guanidine groups is 1. The van der Waals surface area contributed by atoms with Crippen LogP contribution in [0.25, 0.3) is 0 Å². The van der Waals surface area contributed by atoms with Crippen LogP contribution in [0.15, 0.2) is 21.0 Å². The number of nitrogens with one attached hydrogen (secondary N) is 2. The highest BCUT2D eigenvalue weighted by molar-refractivity contribution is 14.0. The van der Waals surface area contributed by atoms with Crippen molar-refractivity contribution in [1.82, 2.24) is 25.5 Å². The summed E-state index contributed by atoms with van der Waals surface area (Å²) in [7, 11) is 0. The largest absolute Gasteiger partial charge is 0.443 e. The Balaban J connectivity index is 0.00000363. The van der Waals surface area contributed by atoms with E-state index in [1.807, 2.05) is 6.20 Å². The van der Waals surface area contributed by atoms with Crippen molar-refractivity contribution in [2.24, 2.45) is 10.9 Å². The highest BCUT2D eigenvalue weighted by atomic mass is 127. The molecule has 3 heterocycles. The lowest BCUT2D eigenvalue weighted by molar-refractivity contribution is 0.176. The summed E-state index contributed by atoms with van der Waals surface area (Å²) in [5.41, 5.74) is 1.19. The average Bonchev–Trinajstić information content (AvgIpc) is 3.40. The lowest BCUT2D eigenvalue weighted by Crippen LogP contribution is -2.42. The zero-order valence-electron chi connectivity index (χ0n) is 20.1. The fourth-order valence-corrected chi connectivity index (χ4v) is 4.36. The number of aromatic nitrogens is 2. The van der Waals surface area contributed by atoms with Gasteiger partial charge in [0, 0.05) is 30.4 Å². The summed E-state index contributed by atoms with van der Waals surface area (Å²) in [5.74, 6) is 3.04. The second-order valence-corrected chi connectivity index (χ2v) is 10.2. The third-order valence-corrected chi connectivity index (χ3v) is 6.60. The Labute approximate surface area is 213 Å². The van der Waals surface area contributed by atoms with E-state index in [0.29, 0.717) is 18.4 Å². The molecule has 9 heteroatoms. The molecule has 0 atom stereocenters. The molecule has 0 unspecified atom stereocenters. The fraction of sp³-hybridized carbons (Fsp3) is 0.696. The van der Waals surface area contributed by atoms with Crippen molar-refractivity contribution in [2.45, 2.75) is 72.4 Å². The second-order valence-electron chi connectivity index (χ2n) is 9.25. The monoisotopic (exact) mass is 574 g/mol. The number of hydrogen-bond acceptors (Lipinski definition) is 6. The molecule has 0 aliphatic carbocycles. The number of hydrogen-bond donors (Lipinski definition) is 2.